The smallest absolute Gasteiger partial charge is 0.241 e. The van der Waals surface area contributed by atoms with Gasteiger partial charge in [-0.05, 0) is 12.1 Å². The van der Waals surface area contributed by atoms with Crippen LogP contribution < -0.4 is 4.72 Å². The molecule has 1 heterocycles. The van der Waals surface area contributed by atoms with Crippen molar-refractivity contribution in [2.75, 3.05) is 6.54 Å². The maximum atomic E-state index is 12.0. The van der Waals surface area contributed by atoms with Gasteiger partial charge < -0.3 is 4.52 Å². The highest BCUT2D eigenvalue weighted by atomic mass is 32.2. The van der Waals surface area contributed by atoms with Crippen LogP contribution in [0.5, 0.6) is 0 Å². The zero-order valence-electron chi connectivity index (χ0n) is 9.78. The second kappa shape index (κ2) is 5.60. The Kier molecular flexibility index (Phi) is 3.89. The first-order valence-electron chi connectivity index (χ1n) is 5.38. The molecule has 0 bridgehead atoms. The molecule has 2 aromatic rings. The van der Waals surface area contributed by atoms with Crippen molar-refractivity contribution < 1.29 is 12.9 Å². The predicted molar refractivity (Wildman–Crippen MR) is 64.3 cm³/mol. The largest absolute Gasteiger partial charge is 0.340 e. The highest BCUT2D eigenvalue weighted by Crippen LogP contribution is 2.13. The summed E-state index contributed by atoms with van der Waals surface area (Å²) in [7, 11) is -3.72. The second-order valence-electron chi connectivity index (χ2n) is 3.59. The van der Waals surface area contributed by atoms with Crippen molar-refractivity contribution >= 4 is 10.0 Å². The molecule has 0 spiro atoms. The van der Waals surface area contributed by atoms with E-state index in [0.29, 0.717) is 5.89 Å². The van der Waals surface area contributed by atoms with Gasteiger partial charge in [0.25, 0.3) is 0 Å². The fourth-order valence-electron chi connectivity index (χ4n) is 1.47. The molecule has 0 saturated heterocycles. The number of hydrogen-bond acceptors (Lipinski definition) is 6. The quantitative estimate of drug-likeness (QED) is 0.851. The average Bonchev–Trinajstić information content (AvgIpc) is 2.91. The minimum absolute atomic E-state index is 0.0389. The minimum atomic E-state index is -3.72. The zero-order chi connectivity index (χ0) is 13.7. The Hall–Kier alpha value is -2.24. The molecule has 1 aromatic carbocycles. The van der Waals surface area contributed by atoms with E-state index in [1.165, 1.54) is 18.5 Å². The summed E-state index contributed by atoms with van der Waals surface area (Å²) in [4.78, 5) is 3.74. The lowest BCUT2D eigenvalue weighted by Crippen LogP contribution is -2.26. The third-order valence-corrected chi connectivity index (χ3v) is 3.85. The van der Waals surface area contributed by atoms with Gasteiger partial charge in [0, 0.05) is 13.0 Å². The molecule has 7 nitrogen and oxygen atoms in total. The number of rotatable bonds is 5. The van der Waals surface area contributed by atoms with Crippen LogP contribution in [0.25, 0.3) is 0 Å². The van der Waals surface area contributed by atoms with Crippen molar-refractivity contribution in [2.24, 2.45) is 0 Å². The number of benzene rings is 1. The first kappa shape index (κ1) is 13.2. The summed E-state index contributed by atoms with van der Waals surface area (Å²) in [6.45, 7) is 0.115. The molecule has 0 radical (unpaired) electrons. The van der Waals surface area contributed by atoms with E-state index in [4.69, 9.17) is 9.78 Å². The lowest BCUT2D eigenvalue weighted by atomic mass is 10.2. The SMILES string of the molecule is N#Cc1ccccc1S(=O)(=O)NCCc1ncno1. The van der Waals surface area contributed by atoms with Crippen LogP contribution in [-0.2, 0) is 16.4 Å². The average molecular weight is 278 g/mol. The summed E-state index contributed by atoms with van der Waals surface area (Å²) in [6, 6.07) is 7.85. The number of nitriles is 1. The number of hydrogen-bond donors (Lipinski definition) is 1. The Labute approximate surface area is 109 Å². The van der Waals surface area contributed by atoms with Gasteiger partial charge in [-0.1, -0.05) is 17.3 Å². The summed E-state index contributed by atoms with van der Waals surface area (Å²) in [6.07, 6.45) is 1.53. The Morgan fingerprint density at radius 1 is 1.37 bits per heavy atom. The molecule has 8 heteroatoms. The Balaban J connectivity index is 2.08. The molecule has 1 aromatic heterocycles. The van der Waals surface area contributed by atoms with Gasteiger partial charge in [-0.15, -0.1) is 0 Å². The zero-order valence-corrected chi connectivity index (χ0v) is 10.6. The van der Waals surface area contributed by atoms with Gasteiger partial charge in [0.15, 0.2) is 6.33 Å². The first-order valence-corrected chi connectivity index (χ1v) is 6.86. The van der Waals surface area contributed by atoms with E-state index >= 15 is 0 Å². The van der Waals surface area contributed by atoms with Gasteiger partial charge in [-0.25, -0.2) is 13.1 Å². The fourth-order valence-corrected chi connectivity index (χ4v) is 2.66. The molecular weight excluding hydrogens is 268 g/mol. The van der Waals surface area contributed by atoms with Crippen molar-refractivity contribution in [1.82, 2.24) is 14.9 Å². The molecule has 19 heavy (non-hydrogen) atoms. The van der Waals surface area contributed by atoms with Crippen LogP contribution in [0, 0.1) is 11.3 Å². The maximum absolute atomic E-state index is 12.0. The predicted octanol–water partition coefficient (Wildman–Crippen LogP) is 0.462. The molecular formula is C11H10N4O3S. The summed E-state index contributed by atoms with van der Waals surface area (Å²) in [5.41, 5.74) is 0.104. The third-order valence-electron chi connectivity index (χ3n) is 2.33. The maximum Gasteiger partial charge on any atom is 0.241 e. The summed E-state index contributed by atoms with van der Waals surface area (Å²) < 4.78 is 31.2. The van der Waals surface area contributed by atoms with Gasteiger partial charge >= 0.3 is 0 Å². The lowest BCUT2D eigenvalue weighted by molar-refractivity contribution is 0.377. The molecule has 0 fully saturated rings. The summed E-state index contributed by atoms with van der Waals surface area (Å²) >= 11 is 0. The van der Waals surface area contributed by atoms with Crippen molar-refractivity contribution in [2.45, 2.75) is 11.3 Å². The van der Waals surface area contributed by atoms with Crippen LogP contribution in [0.3, 0.4) is 0 Å². The van der Waals surface area contributed by atoms with Crippen molar-refractivity contribution in [3.63, 3.8) is 0 Å². The van der Waals surface area contributed by atoms with Crippen LogP contribution in [0.4, 0.5) is 0 Å². The highest BCUT2D eigenvalue weighted by molar-refractivity contribution is 7.89. The molecule has 0 aliphatic heterocycles. The van der Waals surface area contributed by atoms with E-state index in [1.54, 1.807) is 12.1 Å². The van der Waals surface area contributed by atoms with Crippen LogP contribution in [0.15, 0.2) is 40.0 Å². The molecule has 0 atom stereocenters. The van der Waals surface area contributed by atoms with Crippen molar-refractivity contribution in [1.29, 1.82) is 5.26 Å². The first-order chi connectivity index (χ1) is 9.13. The third kappa shape index (κ3) is 3.15. The Bertz CT molecular complexity index is 689. The van der Waals surface area contributed by atoms with Gasteiger partial charge in [0.2, 0.25) is 15.9 Å². The summed E-state index contributed by atoms with van der Waals surface area (Å²) in [5, 5.41) is 12.3. The molecule has 0 saturated carbocycles. The number of nitrogens with zero attached hydrogens (tertiary/aromatic N) is 3. The monoisotopic (exact) mass is 278 g/mol. The van der Waals surface area contributed by atoms with Gasteiger partial charge in [-0.2, -0.15) is 10.2 Å². The van der Waals surface area contributed by atoms with E-state index < -0.39 is 10.0 Å². The number of sulfonamides is 1. The van der Waals surface area contributed by atoms with E-state index in [9.17, 15) is 8.42 Å². The molecule has 0 aliphatic rings. The molecule has 1 N–H and O–H groups in total. The highest BCUT2D eigenvalue weighted by Gasteiger charge is 2.17. The Morgan fingerprint density at radius 2 is 2.16 bits per heavy atom. The van der Waals surface area contributed by atoms with Crippen LogP contribution in [-0.4, -0.2) is 25.1 Å². The minimum Gasteiger partial charge on any atom is -0.340 e. The van der Waals surface area contributed by atoms with Crippen molar-refractivity contribution in [3.8, 4) is 6.07 Å². The normalized spacial score (nSPS) is 11.1. The Morgan fingerprint density at radius 3 is 2.84 bits per heavy atom. The topological polar surface area (TPSA) is 109 Å². The van der Waals surface area contributed by atoms with Crippen molar-refractivity contribution in [3.05, 3.63) is 42.0 Å². The number of nitrogens with one attached hydrogen (secondary N) is 1. The van der Waals surface area contributed by atoms with E-state index in [0.717, 1.165) is 0 Å². The van der Waals surface area contributed by atoms with Gasteiger partial charge in [0.1, 0.15) is 6.07 Å². The van der Waals surface area contributed by atoms with E-state index in [2.05, 4.69) is 14.9 Å². The van der Waals surface area contributed by atoms with E-state index in [-0.39, 0.29) is 23.4 Å². The molecule has 2 rings (SSSR count). The standard InChI is InChI=1S/C11H10N4O3S/c12-7-9-3-1-2-4-10(9)19(16,17)15-6-5-11-13-8-14-18-11/h1-4,8,15H,5-6H2. The molecule has 0 aliphatic carbocycles. The van der Waals surface area contributed by atoms with Crippen LogP contribution in [0.2, 0.25) is 0 Å². The number of aromatic nitrogens is 2. The summed E-state index contributed by atoms with van der Waals surface area (Å²) in [5.74, 6) is 0.344. The molecule has 98 valence electrons. The lowest BCUT2D eigenvalue weighted by Gasteiger charge is -2.06. The van der Waals surface area contributed by atoms with Crippen LogP contribution >= 0.6 is 0 Å². The van der Waals surface area contributed by atoms with Crippen LogP contribution in [0.1, 0.15) is 11.5 Å². The fraction of sp³-hybridized carbons (Fsp3) is 0.182. The van der Waals surface area contributed by atoms with Gasteiger partial charge in [0.05, 0.1) is 10.5 Å². The van der Waals surface area contributed by atoms with E-state index in [1.807, 2.05) is 6.07 Å². The molecule has 0 amide bonds. The van der Waals surface area contributed by atoms with Gasteiger partial charge in [-0.3, -0.25) is 0 Å². The molecule has 0 unspecified atom stereocenters. The second-order valence-corrected chi connectivity index (χ2v) is 5.33.